The van der Waals surface area contributed by atoms with E-state index < -0.39 is 23.9 Å². The predicted molar refractivity (Wildman–Crippen MR) is 130 cm³/mol. The number of carbonyl (C=O) groups excluding carboxylic acids is 4. The van der Waals surface area contributed by atoms with Gasteiger partial charge < -0.3 is 35.5 Å². The van der Waals surface area contributed by atoms with Gasteiger partial charge in [0.1, 0.15) is 12.1 Å². The van der Waals surface area contributed by atoms with Gasteiger partial charge in [0, 0.05) is 26.3 Å². The Kier molecular flexibility index (Phi) is 15.9. The SMILES string of the molecule is CC(C)CC1NC(=O)C(=O)NC(CC(C)C)C(=O)NCCCOCCOCCOCCCNC1=O. The van der Waals surface area contributed by atoms with Gasteiger partial charge in [-0.15, -0.1) is 0 Å². The lowest BCUT2D eigenvalue weighted by Crippen LogP contribution is -2.55. The van der Waals surface area contributed by atoms with Gasteiger partial charge in [-0.25, -0.2) is 0 Å². The topological polar surface area (TPSA) is 144 Å². The molecule has 2 atom stereocenters. The van der Waals surface area contributed by atoms with Crippen molar-refractivity contribution in [3.63, 3.8) is 0 Å². The summed E-state index contributed by atoms with van der Waals surface area (Å²) >= 11 is 0. The van der Waals surface area contributed by atoms with Crippen LogP contribution in [0.25, 0.3) is 0 Å². The fourth-order valence-electron chi connectivity index (χ4n) is 3.41. The smallest absolute Gasteiger partial charge is 0.309 e. The van der Waals surface area contributed by atoms with Crippen molar-refractivity contribution < 1.29 is 33.4 Å². The second kappa shape index (κ2) is 18.1. The molecule has 0 aromatic rings. The van der Waals surface area contributed by atoms with Crippen LogP contribution in [0.4, 0.5) is 0 Å². The van der Waals surface area contributed by atoms with Gasteiger partial charge in [0.25, 0.3) is 0 Å². The number of carbonyl (C=O) groups is 4. The molecule has 35 heavy (non-hydrogen) atoms. The average molecular weight is 501 g/mol. The van der Waals surface area contributed by atoms with Gasteiger partial charge in [-0.2, -0.15) is 0 Å². The van der Waals surface area contributed by atoms with Crippen molar-refractivity contribution in [3.05, 3.63) is 0 Å². The van der Waals surface area contributed by atoms with Gasteiger partial charge >= 0.3 is 11.8 Å². The summed E-state index contributed by atoms with van der Waals surface area (Å²) in [5, 5.41) is 10.6. The molecule has 2 unspecified atom stereocenters. The summed E-state index contributed by atoms with van der Waals surface area (Å²) in [6.45, 7) is 11.2. The fraction of sp³-hybridized carbons (Fsp3) is 0.833. The highest BCUT2D eigenvalue weighted by atomic mass is 16.5. The molecular formula is C24H44N4O7. The molecule has 0 aliphatic carbocycles. The van der Waals surface area contributed by atoms with Crippen LogP contribution in [0.1, 0.15) is 53.4 Å². The molecule has 11 heteroatoms. The molecule has 1 aliphatic heterocycles. The van der Waals surface area contributed by atoms with Crippen molar-refractivity contribution in [1.29, 1.82) is 0 Å². The maximum absolute atomic E-state index is 12.6. The van der Waals surface area contributed by atoms with Crippen LogP contribution in [0, 0.1) is 11.8 Å². The Morgan fingerprint density at radius 3 is 1.31 bits per heavy atom. The van der Waals surface area contributed by atoms with Gasteiger partial charge in [0.15, 0.2) is 0 Å². The second-order valence-electron chi connectivity index (χ2n) is 9.44. The first kappa shape index (κ1) is 30.8. The van der Waals surface area contributed by atoms with E-state index in [0.717, 1.165) is 0 Å². The van der Waals surface area contributed by atoms with Crippen molar-refractivity contribution in [1.82, 2.24) is 21.3 Å². The number of rotatable bonds is 4. The molecule has 4 N–H and O–H groups in total. The molecule has 1 rings (SSSR count). The highest BCUT2D eigenvalue weighted by Crippen LogP contribution is 2.07. The minimum Gasteiger partial charge on any atom is -0.379 e. The van der Waals surface area contributed by atoms with Crippen molar-refractivity contribution in [2.45, 2.75) is 65.5 Å². The van der Waals surface area contributed by atoms with Crippen molar-refractivity contribution >= 4 is 23.6 Å². The Labute approximate surface area is 208 Å². The van der Waals surface area contributed by atoms with E-state index in [2.05, 4.69) is 21.3 Å². The summed E-state index contributed by atoms with van der Waals surface area (Å²) in [4.78, 5) is 50.5. The van der Waals surface area contributed by atoms with E-state index >= 15 is 0 Å². The standard InChI is InChI=1S/C24H44N4O7/c1-17(2)15-19-21(29)25-7-5-9-33-11-13-35-14-12-34-10-6-8-26-22(30)20(16-18(3)4)28-24(32)23(31)27-19/h17-20H,5-16H2,1-4H3,(H,25,29)(H,26,30)(H,27,31)(H,28,32). The Morgan fingerprint density at radius 2 is 0.971 bits per heavy atom. The molecule has 1 aliphatic rings. The molecular weight excluding hydrogens is 456 g/mol. The van der Waals surface area contributed by atoms with Crippen LogP contribution in [0.2, 0.25) is 0 Å². The van der Waals surface area contributed by atoms with Crippen molar-refractivity contribution in [3.8, 4) is 0 Å². The number of hydrogen-bond acceptors (Lipinski definition) is 7. The third kappa shape index (κ3) is 14.7. The third-order valence-electron chi connectivity index (χ3n) is 5.14. The van der Waals surface area contributed by atoms with Gasteiger partial charge in [0.2, 0.25) is 11.8 Å². The summed E-state index contributed by atoms with van der Waals surface area (Å²) in [5.41, 5.74) is 0. The number of ether oxygens (including phenoxy) is 3. The molecule has 1 saturated heterocycles. The number of amides is 4. The molecule has 0 aromatic heterocycles. The average Bonchev–Trinajstić information content (AvgIpc) is 2.79. The lowest BCUT2D eigenvalue weighted by atomic mass is 10.0. The Morgan fingerprint density at radius 1 is 0.629 bits per heavy atom. The van der Waals surface area contributed by atoms with Crippen LogP contribution in [0.15, 0.2) is 0 Å². The molecule has 0 radical (unpaired) electrons. The van der Waals surface area contributed by atoms with Crippen LogP contribution < -0.4 is 21.3 Å². The normalized spacial score (nSPS) is 23.8. The summed E-state index contributed by atoms with van der Waals surface area (Å²) < 4.78 is 16.4. The van der Waals surface area contributed by atoms with Crippen LogP contribution in [0.5, 0.6) is 0 Å². The lowest BCUT2D eigenvalue weighted by Gasteiger charge is -2.22. The molecule has 1 fully saturated rings. The first-order valence-electron chi connectivity index (χ1n) is 12.6. The van der Waals surface area contributed by atoms with Crippen LogP contribution in [-0.4, -0.2) is 88.4 Å². The Balaban J connectivity index is 2.82. The van der Waals surface area contributed by atoms with E-state index in [1.165, 1.54) is 0 Å². The fourth-order valence-corrected chi connectivity index (χ4v) is 3.41. The molecule has 0 aromatic carbocycles. The zero-order valence-electron chi connectivity index (χ0n) is 21.7. The first-order valence-corrected chi connectivity index (χ1v) is 12.6. The Hall–Kier alpha value is -2.24. The van der Waals surface area contributed by atoms with Crippen LogP contribution in [0.3, 0.4) is 0 Å². The van der Waals surface area contributed by atoms with E-state index in [1.807, 2.05) is 27.7 Å². The highest BCUT2D eigenvalue weighted by molar-refractivity contribution is 6.35. The summed E-state index contributed by atoms with van der Waals surface area (Å²) in [7, 11) is 0. The van der Waals surface area contributed by atoms with Crippen LogP contribution in [-0.2, 0) is 33.4 Å². The molecule has 1 heterocycles. The van der Waals surface area contributed by atoms with Gasteiger partial charge in [-0.1, -0.05) is 27.7 Å². The van der Waals surface area contributed by atoms with E-state index in [1.54, 1.807) is 0 Å². The largest absolute Gasteiger partial charge is 0.379 e. The molecule has 0 spiro atoms. The third-order valence-corrected chi connectivity index (χ3v) is 5.14. The monoisotopic (exact) mass is 500 g/mol. The molecule has 4 amide bonds. The van der Waals surface area contributed by atoms with Crippen LogP contribution >= 0.6 is 0 Å². The Bertz CT molecular complexity index is 604. The summed E-state index contributed by atoms with van der Waals surface area (Å²) in [6.07, 6.45) is 1.95. The molecule has 0 bridgehead atoms. The quantitative estimate of drug-likeness (QED) is 0.402. The van der Waals surface area contributed by atoms with E-state index in [0.29, 0.717) is 78.4 Å². The second-order valence-corrected chi connectivity index (χ2v) is 9.44. The molecule has 0 saturated carbocycles. The first-order chi connectivity index (χ1) is 16.7. The summed E-state index contributed by atoms with van der Waals surface area (Å²) in [6, 6.07) is -1.72. The number of hydrogen-bond donors (Lipinski definition) is 4. The zero-order chi connectivity index (χ0) is 26.1. The van der Waals surface area contributed by atoms with Gasteiger partial charge in [-0.05, 0) is 37.5 Å². The van der Waals surface area contributed by atoms with E-state index in [-0.39, 0.29) is 23.7 Å². The highest BCUT2D eigenvalue weighted by Gasteiger charge is 2.28. The minimum atomic E-state index is -0.942. The molecule has 202 valence electrons. The zero-order valence-corrected chi connectivity index (χ0v) is 21.7. The predicted octanol–water partition coefficient (Wildman–Crippen LogP) is 0.124. The van der Waals surface area contributed by atoms with Crippen molar-refractivity contribution in [2.75, 3.05) is 52.7 Å². The summed E-state index contributed by atoms with van der Waals surface area (Å²) in [5.74, 6) is -2.38. The minimum absolute atomic E-state index is 0.114. The maximum atomic E-state index is 12.6. The lowest BCUT2D eigenvalue weighted by molar-refractivity contribution is -0.142. The van der Waals surface area contributed by atoms with Crippen molar-refractivity contribution in [2.24, 2.45) is 11.8 Å². The van der Waals surface area contributed by atoms with Gasteiger partial charge in [-0.3, -0.25) is 19.2 Å². The number of nitrogens with one attached hydrogen (secondary N) is 4. The van der Waals surface area contributed by atoms with E-state index in [9.17, 15) is 19.2 Å². The van der Waals surface area contributed by atoms with E-state index in [4.69, 9.17) is 14.2 Å². The van der Waals surface area contributed by atoms with Gasteiger partial charge in [0.05, 0.1) is 26.4 Å². The molecule has 11 nitrogen and oxygen atoms in total. The maximum Gasteiger partial charge on any atom is 0.309 e.